The van der Waals surface area contributed by atoms with Gasteiger partial charge < -0.3 is 9.84 Å². The Morgan fingerprint density at radius 3 is 2.85 bits per heavy atom. The van der Waals surface area contributed by atoms with Gasteiger partial charge in [-0.05, 0) is 75.1 Å². The monoisotopic (exact) mass is 550 g/mol. The zero-order valence-electron chi connectivity index (χ0n) is 18.1. The Kier molecular flexibility index (Phi) is 5.32. The molecule has 4 aromatic rings. The lowest BCUT2D eigenvalue weighted by Crippen LogP contribution is -2.38. The van der Waals surface area contributed by atoms with Crippen molar-refractivity contribution in [1.29, 1.82) is 0 Å². The molecule has 0 saturated heterocycles. The van der Waals surface area contributed by atoms with E-state index >= 15 is 0 Å². The number of benzene rings is 2. The first-order valence-corrected chi connectivity index (χ1v) is 13.3. The molecule has 1 N–H and O–H groups in total. The van der Waals surface area contributed by atoms with E-state index < -0.39 is 0 Å². The molecule has 0 fully saturated rings. The number of ether oxygens (including phenoxy) is 1. The third kappa shape index (κ3) is 3.40. The molecule has 3 heterocycles. The Morgan fingerprint density at radius 1 is 1.21 bits per heavy atom. The summed E-state index contributed by atoms with van der Waals surface area (Å²) < 4.78 is 8.22. The quantitative estimate of drug-likeness (QED) is 0.396. The van der Waals surface area contributed by atoms with E-state index in [9.17, 15) is 9.90 Å². The molecule has 34 heavy (non-hydrogen) atoms. The molecule has 0 radical (unpaired) electrons. The number of aryl methyl sites for hydroxylation is 1. The van der Waals surface area contributed by atoms with Gasteiger partial charge in [-0.1, -0.05) is 41.7 Å². The molecular weight excluding hydrogens is 532 g/mol. The average molecular weight is 551 g/mol. The van der Waals surface area contributed by atoms with E-state index in [-0.39, 0.29) is 17.4 Å². The number of allylic oxidation sites excluding steroid dienone is 1. The van der Waals surface area contributed by atoms with Crippen LogP contribution in [0, 0.1) is 0 Å². The lowest BCUT2D eigenvalue weighted by Gasteiger charge is -2.30. The number of aromatic hydroxyl groups is 1. The van der Waals surface area contributed by atoms with E-state index in [4.69, 9.17) is 9.73 Å². The van der Waals surface area contributed by atoms with Gasteiger partial charge in [0.1, 0.15) is 0 Å². The van der Waals surface area contributed by atoms with Gasteiger partial charge in [-0.15, -0.1) is 11.3 Å². The smallest absolute Gasteiger partial charge is 0.271 e. The van der Waals surface area contributed by atoms with Crippen LogP contribution in [-0.2, 0) is 6.42 Å². The van der Waals surface area contributed by atoms with Crippen LogP contribution in [0.3, 0.4) is 0 Å². The predicted octanol–water partition coefficient (Wildman–Crippen LogP) is 4.86. The highest BCUT2D eigenvalue weighted by atomic mass is 79.9. The number of phenolic OH excluding ortho intramolecular Hbond substituents is 1. The fraction of sp³-hybridized carbons (Fsp3) is 0.154. The number of aromatic nitrogens is 1. The molecule has 5 nitrogen and oxygen atoms in total. The van der Waals surface area contributed by atoms with Gasteiger partial charge in [-0.2, -0.15) is 0 Å². The van der Waals surface area contributed by atoms with Gasteiger partial charge >= 0.3 is 0 Å². The van der Waals surface area contributed by atoms with E-state index in [1.807, 2.05) is 16.7 Å². The Balaban J connectivity index is 1.60. The zero-order chi connectivity index (χ0) is 23.4. The molecule has 6 rings (SSSR count). The van der Waals surface area contributed by atoms with Crippen molar-refractivity contribution >= 4 is 50.4 Å². The third-order valence-electron chi connectivity index (χ3n) is 6.25. The van der Waals surface area contributed by atoms with E-state index in [1.165, 1.54) is 29.6 Å². The summed E-state index contributed by atoms with van der Waals surface area (Å²) in [5.41, 5.74) is 5.37. The fourth-order valence-electron chi connectivity index (χ4n) is 4.70. The second kappa shape index (κ2) is 8.37. The molecule has 170 valence electrons. The maximum Gasteiger partial charge on any atom is 0.271 e. The van der Waals surface area contributed by atoms with Crippen molar-refractivity contribution in [3.05, 3.63) is 105 Å². The van der Waals surface area contributed by atoms with E-state index in [1.54, 1.807) is 23.5 Å². The largest absolute Gasteiger partial charge is 0.503 e. The maximum absolute atomic E-state index is 13.7. The van der Waals surface area contributed by atoms with Crippen molar-refractivity contribution in [1.82, 2.24) is 4.57 Å². The van der Waals surface area contributed by atoms with Crippen LogP contribution < -0.4 is 19.6 Å². The summed E-state index contributed by atoms with van der Waals surface area (Å²) in [5, 5.41) is 12.2. The molecule has 0 amide bonds. The number of thiophene rings is 1. The molecule has 0 bridgehead atoms. The summed E-state index contributed by atoms with van der Waals surface area (Å²) in [6, 6.07) is 15.9. The van der Waals surface area contributed by atoms with Crippen molar-refractivity contribution in [3.63, 3.8) is 0 Å². The van der Waals surface area contributed by atoms with Gasteiger partial charge in [0, 0.05) is 10.4 Å². The number of halogens is 1. The summed E-state index contributed by atoms with van der Waals surface area (Å²) in [6.07, 6.45) is 3.65. The minimum Gasteiger partial charge on any atom is -0.503 e. The summed E-state index contributed by atoms with van der Waals surface area (Å²) in [6.45, 7) is 0. The topological polar surface area (TPSA) is 63.8 Å². The summed E-state index contributed by atoms with van der Waals surface area (Å²) in [4.78, 5) is 20.6. The number of hydrogen-bond donors (Lipinski definition) is 1. The molecule has 2 aliphatic rings. The molecule has 1 aliphatic heterocycles. The highest BCUT2D eigenvalue weighted by Crippen LogP contribution is 2.42. The van der Waals surface area contributed by atoms with Gasteiger partial charge in [-0.3, -0.25) is 9.36 Å². The van der Waals surface area contributed by atoms with Crippen molar-refractivity contribution in [2.45, 2.75) is 18.9 Å². The molecule has 2 aromatic heterocycles. The third-order valence-corrected chi connectivity index (χ3v) is 8.77. The Morgan fingerprint density at radius 2 is 2.06 bits per heavy atom. The maximum atomic E-state index is 13.7. The first-order valence-electron chi connectivity index (χ1n) is 10.8. The molecule has 0 spiro atoms. The van der Waals surface area contributed by atoms with Gasteiger partial charge in [0.05, 0.1) is 27.9 Å². The van der Waals surface area contributed by atoms with Crippen LogP contribution in [0.1, 0.15) is 34.0 Å². The molecule has 0 saturated carbocycles. The van der Waals surface area contributed by atoms with Gasteiger partial charge in [0.2, 0.25) is 0 Å². The highest BCUT2D eigenvalue weighted by molar-refractivity contribution is 9.10. The number of fused-ring (bicyclic) bond motifs is 3. The number of hydrogen-bond acceptors (Lipinski definition) is 6. The van der Waals surface area contributed by atoms with Crippen molar-refractivity contribution in [2.24, 2.45) is 4.99 Å². The predicted molar refractivity (Wildman–Crippen MR) is 139 cm³/mol. The summed E-state index contributed by atoms with van der Waals surface area (Å²) >= 11 is 6.43. The van der Waals surface area contributed by atoms with Crippen LogP contribution >= 0.6 is 38.6 Å². The number of nitrogens with zero attached hydrogens (tertiary/aromatic N) is 2. The van der Waals surface area contributed by atoms with Gasteiger partial charge in [-0.25, -0.2) is 4.99 Å². The van der Waals surface area contributed by atoms with Crippen LogP contribution in [0.15, 0.2) is 73.7 Å². The van der Waals surface area contributed by atoms with Crippen LogP contribution in [0.25, 0.3) is 11.8 Å². The second-order valence-electron chi connectivity index (χ2n) is 8.18. The van der Waals surface area contributed by atoms with E-state index in [0.717, 1.165) is 34.5 Å². The Bertz CT molecular complexity index is 1650. The molecule has 1 unspecified atom stereocenters. The van der Waals surface area contributed by atoms with Crippen molar-refractivity contribution in [2.75, 3.05) is 7.11 Å². The molecular formula is C26H19BrN2O3S2. The van der Waals surface area contributed by atoms with Crippen LogP contribution in [0.2, 0.25) is 0 Å². The average Bonchev–Trinajstić information content (AvgIpc) is 3.48. The SMILES string of the molecule is COc1cc(C=c2sc3n(c2=O)C(c2cccs2)C2=C(N=3)c3ccccc3CC2)cc(Br)c1O. The molecule has 1 aliphatic carbocycles. The van der Waals surface area contributed by atoms with Crippen molar-refractivity contribution in [3.8, 4) is 11.5 Å². The first-order chi connectivity index (χ1) is 16.5. The normalized spacial score (nSPS) is 17.1. The minimum atomic E-state index is -0.150. The highest BCUT2D eigenvalue weighted by Gasteiger charge is 2.33. The molecule has 2 aromatic carbocycles. The summed E-state index contributed by atoms with van der Waals surface area (Å²) in [7, 11) is 1.50. The minimum absolute atomic E-state index is 0.0325. The number of rotatable bonds is 3. The number of thiazole rings is 1. The van der Waals surface area contributed by atoms with E-state index in [2.05, 4.69) is 51.6 Å². The lowest BCUT2D eigenvalue weighted by molar-refractivity contribution is 0.372. The lowest BCUT2D eigenvalue weighted by atomic mass is 9.85. The zero-order valence-corrected chi connectivity index (χ0v) is 21.3. The second-order valence-corrected chi connectivity index (χ2v) is 11.0. The standard InChI is InChI=1S/C26H19BrN2O3S2/c1-32-19-12-14(11-18(27)24(19)30)13-21-25(31)29-23(20-7-4-10-33-20)17-9-8-15-5-2-3-6-16(15)22(17)28-26(29)34-21/h2-7,10-13,23,30H,8-9H2,1H3. The van der Waals surface area contributed by atoms with Crippen LogP contribution in [-0.4, -0.2) is 16.8 Å². The van der Waals surface area contributed by atoms with Crippen molar-refractivity contribution < 1.29 is 9.84 Å². The van der Waals surface area contributed by atoms with Gasteiger partial charge in [0.15, 0.2) is 16.3 Å². The fourth-order valence-corrected chi connectivity index (χ4v) is 7.01. The van der Waals surface area contributed by atoms with Crippen LogP contribution in [0.4, 0.5) is 0 Å². The summed E-state index contributed by atoms with van der Waals surface area (Å²) in [5.74, 6) is 0.377. The Labute approximate surface area is 211 Å². The molecule has 1 atom stereocenters. The van der Waals surface area contributed by atoms with Crippen LogP contribution in [0.5, 0.6) is 11.5 Å². The van der Waals surface area contributed by atoms with Gasteiger partial charge in [0.25, 0.3) is 5.56 Å². The Hall–Kier alpha value is -2.94. The molecule has 8 heteroatoms. The van der Waals surface area contributed by atoms with E-state index in [0.29, 0.717) is 19.6 Å². The number of methoxy groups -OCH3 is 1. The first kappa shape index (κ1) is 21.6. The number of phenols is 1.